The van der Waals surface area contributed by atoms with Crippen molar-refractivity contribution in [3.63, 3.8) is 0 Å². The van der Waals surface area contributed by atoms with E-state index in [9.17, 15) is 19.8 Å². The molecule has 1 aliphatic rings. The van der Waals surface area contributed by atoms with Crippen molar-refractivity contribution in [2.75, 3.05) is 0 Å². The van der Waals surface area contributed by atoms with E-state index in [1.54, 1.807) is 47.5 Å². The second-order valence-corrected chi connectivity index (χ2v) is 6.64. The molecule has 0 N–H and O–H groups in total. The van der Waals surface area contributed by atoms with Crippen LogP contribution in [0.3, 0.4) is 0 Å². The number of allylic oxidation sites excluding steroid dienone is 4. The van der Waals surface area contributed by atoms with Crippen LogP contribution in [0, 0.1) is 5.92 Å². The first kappa shape index (κ1) is 26.5. The Morgan fingerprint density at radius 3 is 1.07 bits per heavy atom. The SMILES string of the molecule is CC1=C(C)C(C)C(C)=C1C.O=C([O-])c1ccccc1.O=C([O-])c1ccccc1.[Ir]. The number of benzene rings is 2. The van der Waals surface area contributed by atoms with Gasteiger partial charge in [0.15, 0.2) is 0 Å². The predicted molar refractivity (Wildman–Crippen MR) is 107 cm³/mol. The van der Waals surface area contributed by atoms with E-state index in [0.29, 0.717) is 5.92 Å². The Labute approximate surface area is 186 Å². The van der Waals surface area contributed by atoms with E-state index >= 15 is 0 Å². The number of rotatable bonds is 2. The normalized spacial score (nSPS) is 12.9. The van der Waals surface area contributed by atoms with Gasteiger partial charge in [-0.15, -0.1) is 0 Å². The topological polar surface area (TPSA) is 80.3 Å². The summed E-state index contributed by atoms with van der Waals surface area (Å²) in [5.41, 5.74) is 6.55. The minimum atomic E-state index is -1.13. The smallest absolute Gasteiger partial charge is 0.0715 e. The zero-order valence-corrected chi connectivity index (χ0v) is 19.7. The molecule has 0 amide bonds. The van der Waals surface area contributed by atoms with E-state index in [4.69, 9.17) is 0 Å². The van der Waals surface area contributed by atoms with Crippen LogP contribution in [-0.2, 0) is 20.1 Å². The maximum Gasteiger partial charge on any atom is 0.0715 e. The van der Waals surface area contributed by atoms with E-state index in [1.807, 2.05) is 0 Å². The molecule has 0 aromatic heterocycles. The summed E-state index contributed by atoms with van der Waals surface area (Å²) in [7, 11) is 0. The number of carbonyl (C=O) groups is 2. The third kappa shape index (κ3) is 8.18. The number of carboxylic acids is 2. The summed E-state index contributed by atoms with van der Waals surface area (Å²) in [5, 5.41) is 20.2. The van der Waals surface area contributed by atoms with Crippen molar-refractivity contribution in [3.05, 3.63) is 94.1 Å². The first-order valence-electron chi connectivity index (χ1n) is 9.04. The van der Waals surface area contributed by atoms with Gasteiger partial charge in [-0.3, -0.25) is 0 Å². The molecule has 0 fully saturated rings. The van der Waals surface area contributed by atoms with E-state index in [0.717, 1.165) is 0 Å². The van der Waals surface area contributed by atoms with Crippen LogP contribution in [0.4, 0.5) is 0 Å². The van der Waals surface area contributed by atoms with Crippen LogP contribution < -0.4 is 10.2 Å². The fourth-order valence-corrected chi connectivity index (χ4v) is 2.71. The van der Waals surface area contributed by atoms with E-state index in [1.165, 1.54) is 35.4 Å². The molecule has 3 rings (SSSR count). The van der Waals surface area contributed by atoms with Crippen LogP contribution in [0.25, 0.3) is 0 Å². The maximum absolute atomic E-state index is 10.1. The first-order chi connectivity index (χ1) is 13.2. The summed E-state index contributed by atoms with van der Waals surface area (Å²) in [4.78, 5) is 20.2. The Morgan fingerprint density at radius 1 is 0.655 bits per heavy atom. The van der Waals surface area contributed by atoms with Crippen LogP contribution in [0.2, 0.25) is 0 Å². The molecule has 5 heteroatoms. The summed E-state index contributed by atoms with van der Waals surface area (Å²) in [6.07, 6.45) is 0. The van der Waals surface area contributed by atoms with Crippen molar-refractivity contribution in [1.29, 1.82) is 0 Å². The standard InChI is InChI=1S/C10H16.2C7H6O2.Ir/c1-6-7(2)9(4)10(5)8(6)3;2*8-7(9)6-4-2-1-3-5-6;/h6H,1-5H3;2*1-5H,(H,8,9);/p-2. The van der Waals surface area contributed by atoms with Crippen LogP contribution in [0.1, 0.15) is 55.3 Å². The number of carboxylic acid groups (broad SMARTS) is 2. The van der Waals surface area contributed by atoms with Crippen molar-refractivity contribution in [2.24, 2.45) is 5.92 Å². The Kier molecular flexibility index (Phi) is 11.8. The van der Waals surface area contributed by atoms with E-state index in [2.05, 4.69) is 34.6 Å². The Balaban J connectivity index is 0.000000399. The molecular weight excluding hydrogens is 544 g/mol. The van der Waals surface area contributed by atoms with Crippen molar-refractivity contribution in [3.8, 4) is 0 Å². The second kappa shape index (κ2) is 12.9. The monoisotopic (exact) mass is 571 g/mol. The van der Waals surface area contributed by atoms with E-state index < -0.39 is 11.9 Å². The largest absolute Gasteiger partial charge is 0.545 e. The van der Waals surface area contributed by atoms with Gasteiger partial charge in [0, 0.05) is 20.1 Å². The molecule has 0 unspecified atom stereocenters. The minimum absolute atomic E-state index is 0. The Morgan fingerprint density at radius 2 is 0.931 bits per heavy atom. The molecule has 0 heterocycles. The zero-order valence-electron chi connectivity index (χ0n) is 17.3. The molecule has 2 aromatic carbocycles. The van der Waals surface area contributed by atoms with Gasteiger partial charge in [-0.1, -0.05) is 78.7 Å². The van der Waals surface area contributed by atoms with Gasteiger partial charge >= 0.3 is 0 Å². The molecule has 2 aromatic rings. The summed E-state index contributed by atoms with van der Waals surface area (Å²) in [5.74, 6) is -1.56. The Bertz CT molecular complexity index is 795. The van der Waals surface area contributed by atoms with Crippen LogP contribution in [-0.4, -0.2) is 11.9 Å². The second-order valence-electron chi connectivity index (χ2n) is 6.64. The van der Waals surface area contributed by atoms with Gasteiger partial charge in [0.05, 0.1) is 11.9 Å². The molecule has 0 spiro atoms. The van der Waals surface area contributed by atoms with Gasteiger partial charge in [-0.2, -0.15) is 0 Å². The zero-order chi connectivity index (χ0) is 21.3. The van der Waals surface area contributed by atoms with Crippen molar-refractivity contribution in [2.45, 2.75) is 34.6 Å². The fourth-order valence-electron chi connectivity index (χ4n) is 2.71. The molecule has 157 valence electrons. The third-order valence-corrected chi connectivity index (χ3v) is 5.06. The van der Waals surface area contributed by atoms with Gasteiger partial charge in [0.2, 0.25) is 0 Å². The number of aromatic carboxylic acids is 2. The first-order valence-corrected chi connectivity index (χ1v) is 9.04. The molecule has 29 heavy (non-hydrogen) atoms. The van der Waals surface area contributed by atoms with Crippen LogP contribution in [0.15, 0.2) is 83.0 Å². The molecule has 0 saturated carbocycles. The molecule has 0 bridgehead atoms. The molecule has 0 atom stereocenters. The van der Waals surface area contributed by atoms with E-state index in [-0.39, 0.29) is 31.2 Å². The number of hydrogen-bond donors (Lipinski definition) is 0. The summed E-state index contributed by atoms with van der Waals surface area (Å²) >= 11 is 0. The minimum Gasteiger partial charge on any atom is -0.545 e. The van der Waals surface area contributed by atoms with Gasteiger partial charge in [-0.25, -0.2) is 0 Å². The van der Waals surface area contributed by atoms with Gasteiger partial charge in [-0.05, 0) is 55.9 Å². The molecule has 0 saturated heterocycles. The van der Waals surface area contributed by atoms with Gasteiger partial charge < -0.3 is 19.8 Å². The molecule has 0 aliphatic heterocycles. The van der Waals surface area contributed by atoms with Crippen molar-refractivity contribution < 1.29 is 39.9 Å². The average molecular weight is 571 g/mol. The third-order valence-electron chi connectivity index (χ3n) is 5.06. The quantitative estimate of drug-likeness (QED) is 0.555. The van der Waals surface area contributed by atoms with Gasteiger partial charge in [0.25, 0.3) is 0 Å². The molecular formula is C24H26IrO4-2. The average Bonchev–Trinajstić information content (AvgIpc) is 2.88. The number of hydrogen-bond acceptors (Lipinski definition) is 4. The summed E-state index contributed by atoms with van der Waals surface area (Å²) in [6, 6.07) is 16.1. The molecule has 1 radical (unpaired) electrons. The number of carbonyl (C=O) groups excluding carboxylic acids is 2. The van der Waals surface area contributed by atoms with Crippen molar-refractivity contribution in [1.82, 2.24) is 0 Å². The molecule has 4 nitrogen and oxygen atoms in total. The summed E-state index contributed by atoms with van der Waals surface area (Å²) < 4.78 is 0. The van der Waals surface area contributed by atoms with Crippen LogP contribution in [0.5, 0.6) is 0 Å². The van der Waals surface area contributed by atoms with Crippen molar-refractivity contribution >= 4 is 11.9 Å². The van der Waals surface area contributed by atoms with Gasteiger partial charge in [0.1, 0.15) is 0 Å². The Hall–Kier alpha value is -2.49. The predicted octanol–water partition coefficient (Wildman–Crippen LogP) is 3.41. The maximum atomic E-state index is 10.1. The molecule has 1 aliphatic carbocycles. The van der Waals surface area contributed by atoms with Crippen LogP contribution >= 0.6 is 0 Å². The fraction of sp³-hybridized carbons (Fsp3) is 0.250. The summed E-state index contributed by atoms with van der Waals surface area (Å²) in [6.45, 7) is 11.2.